The summed E-state index contributed by atoms with van der Waals surface area (Å²) in [5, 5.41) is 4.79. The number of benzene rings is 1. The first-order valence-electron chi connectivity index (χ1n) is 7.76. The number of thioether (sulfide) groups is 1. The first-order chi connectivity index (χ1) is 12.9. The number of nitrogens with zero attached hydrogens (tertiary/aromatic N) is 1. The summed E-state index contributed by atoms with van der Waals surface area (Å²) in [5.41, 5.74) is 0.448. The third-order valence-electron chi connectivity index (χ3n) is 3.84. The maximum absolute atomic E-state index is 12.8. The molecule has 0 saturated carbocycles. The van der Waals surface area contributed by atoms with Crippen molar-refractivity contribution in [2.24, 2.45) is 0 Å². The molecule has 1 aromatic carbocycles. The van der Waals surface area contributed by atoms with Gasteiger partial charge in [-0.2, -0.15) is 13.2 Å². The number of aromatic nitrogens is 2. The van der Waals surface area contributed by atoms with Crippen LogP contribution in [-0.4, -0.2) is 9.97 Å². The van der Waals surface area contributed by atoms with E-state index in [0.717, 1.165) is 22.6 Å². The minimum atomic E-state index is -4.37. The lowest BCUT2D eigenvalue weighted by Crippen LogP contribution is -2.08. The predicted molar refractivity (Wildman–Crippen MR) is 105 cm³/mol. The molecule has 0 unspecified atom stereocenters. The maximum atomic E-state index is 12.8. The van der Waals surface area contributed by atoms with Gasteiger partial charge in [0.2, 0.25) is 0 Å². The highest BCUT2D eigenvalue weighted by atomic mass is 32.2. The van der Waals surface area contributed by atoms with Crippen molar-refractivity contribution in [3.05, 3.63) is 68.6 Å². The monoisotopic (exact) mass is 424 g/mol. The van der Waals surface area contributed by atoms with E-state index in [9.17, 15) is 18.0 Å². The molecular formula is C18H11F3N2OS3. The maximum Gasteiger partial charge on any atom is 0.416 e. The molecule has 0 aliphatic rings. The fourth-order valence-electron chi connectivity index (χ4n) is 2.60. The van der Waals surface area contributed by atoms with E-state index in [1.807, 2.05) is 22.9 Å². The molecule has 9 heteroatoms. The molecule has 4 aromatic rings. The van der Waals surface area contributed by atoms with E-state index in [1.54, 1.807) is 17.4 Å². The van der Waals surface area contributed by atoms with Crippen LogP contribution < -0.4 is 5.56 Å². The van der Waals surface area contributed by atoms with Crippen molar-refractivity contribution >= 4 is 44.7 Å². The molecule has 0 radical (unpaired) electrons. The topological polar surface area (TPSA) is 45.8 Å². The van der Waals surface area contributed by atoms with Crippen LogP contribution in [0.15, 0.2) is 57.1 Å². The van der Waals surface area contributed by atoms with E-state index in [-0.39, 0.29) is 11.3 Å². The molecule has 3 heterocycles. The van der Waals surface area contributed by atoms with E-state index in [0.29, 0.717) is 20.9 Å². The van der Waals surface area contributed by atoms with Gasteiger partial charge in [0, 0.05) is 21.6 Å². The number of thiophene rings is 2. The second-order valence-electron chi connectivity index (χ2n) is 5.66. The van der Waals surface area contributed by atoms with E-state index < -0.39 is 11.7 Å². The molecule has 0 fully saturated rings. The molecule has 1 N–H and O–H groups in total. The molecule has 3 aromatic heterocycles. The van der Waals surface area contributed by atoms with Crippen molar-refractivity contribution in [2.75, 3.05) is 0 Å². The van der Waals surface area contributed by atoms with Crippen LogP contribution in [0.1, 0.15) is 11.1 Å². The van der Waals surface area contributed by atoms with Crippen LogP contribution in [0.4, 0.5) is 13.2 Å². The minimum absolute atomic E-state index is 0.240. The lowest BCUT2D eigenvalue weighted by molar-refractivity contribution is -0.137. The average molecular weight is 424 g/mol. The number of rotatable bonds is 4. The Hall–Kier alpha value is -2.10. The molecule has 4 rings (SSSR count). The van der Waals surface area contributed by atoms with Gasteiger partial charge in [-0.05, 0) is 23.1 Å². The largest absolute Gasteiger partial charge is 0.416 e. The van der Waals surface area contributed by atoms with E-state index in [1.165, 1.54) is 29.2 Å². The second kappa shape index (κ2) is 7.14. The van der Waals surface area contributed by atoms with Gasteiger partial charge in [-0.25, -0.2) is 4.98 Å². The first kappa shape index (κ1) is 18.3. The first-order valence-corrected chi connectivity index (χ1v) is 10.5. The van der Waals surface area contributed by atoms with Crippen LogP contribution in [-0.2, 0) is 11.9 Å². The van der Waals surface area contributed by atoms with Crippen LogP contribution in [0, 0.1) is 0 Å². The number of fused-ring (bicyclic) bond motifs is 1. The van der Waals surface area contributed by atoms with Crippen molar-refractivity contribution < 1.29 is 13.2 Å². The van der Waals surface area contributed by atoms with Gasteiger partial charge < -0.3 is 4.98 Å². The molecule has 3 nitrogen and oxygen atoms in total. The van der Waals surface area contributed by atoms with Gasteiger partial charge in [0.1, 0.15) is 4.83 Å². The molecular weight excluding hydrogens is 413 g/mol. The SMILES string of the molecule is O=c1[nH]c(SCc2cccc(C(F)(F)F)c2)nc2scc(-c3cccs3)c12. The summed E-state index contributed by atoms with van der Waals surface area (Å²) in [6.45, 7) is 0. The molecule has 0 bridgehead atoms. The predicted octanol–water partition coefficient (Wildman–Crippen LogP) is 6.02. The van der Waals surface area contributed by atoms with Crippen LogP contribution in [0.3, 0.4) is 0 Å². The summed E-state index contributed by atoms with van der Waals surface area (Å²) in [6, 6.07) is 9.03. The molecule has 0 aliphatic carbocycles. The van der Waals surface area contributed by atoms with Crippen molar-refractivity contribution in [1.82, 2.24) is 9.97 Å². The fourth-order valence-corrected chi connectivity index (χ4v) is 5.22. The summed E-state index contributed by atoms with van der Waals surface area (Å²) in [4.78, 5) is 21.3. The Morgan fingerprint density at radius 2 is 2.00 bits per heavy atom. The highest BCUT2D eigenvalue weighted by Crippen LogP contribution is 2.34. The van der Waals surface area contributed by atoms with Gasteiger partial charge in [0.25, 0.3) is 5.56 Å². The minimum Gasteiger partial charge on any atom is -0.301 e. The molecule has 0 amide bonds. The zero-order valence-electron chi connectivity index (χ0n) is 13.5. The molecule has 27 heavy (non-hydrogen) atoms. The Kier molecular flexibility index (Phi) is 4.83. The number of nitrogens with one attached hydrogen (secondary N) is 1. The Morgan fingerprint density at radius 3 is 2.74 bits per heavy atom. The Labute approximate surface area is 163 Å². The average Bonchev–Trinajstić information content (AvgIpc) is 3.29. The number of aromatic amines is 1. The third-order valence-corrected chi connectivity index (χ3v) is 6.56. The van der Waals surface area contributed by atoms with Crippen molar-refractivity contribution in [2.45, 2.75) is 17.1 Å². The van der Waals surface area contributed by atoms with Gasteiger partial charge in [-0.15, -0.1) is 22.7 Å². The van der Waals surface area contributed by atoms with E-state index in [2.05, 4.69) is 9.97 Å². The summed E-state index contributed by atoms with van der Waals surface area (Å²) < 4.78 is 38.4. The van der Waals surface area contributed by atoms with Gasteiger partial charge in [0.15, 0.2) is 5.16 Å². The quantitative estimate of drug-likeness (QED) is 0.322. The number of hydrogen-bond acceptors (Lipinski definition) is 5. The Morgan fingerprint density at radius 1 is 1.15 bits per heavy atom. The Bertz CT molecular complexity index is 1150. The smallest absolute Gasteiger partial charge is 0.301 e. The fraction of sp³-hybridized carbons (Fsp3) is 0.111. The van der Waals surface area contributed by atoms with E-state index in [4.69, 9.17) is 0 Å². The summed E-state index contributed by atoms with van der Waals surface area (Å²) in [6.07, 6.45) is -4.37. The van der Waals surface area contributed by atoms with E-state index >= 15 is 0 Å². The van der Waals surface area contributed by atoms with Crippen molar-refractivity contribution in [3.8, 4) is 10.4 Å². The molecule has 0 saturated heterocycles. The van der Waals surface area contributed by atoms with Gasteiger partial charge in [0.05, 0.1) is 10.9 Å². The van der Waals surface area contributed by atoms with Crippen LogP contribution in [0.2, 0.25) is 0 Å². The highest BCUT2D eigenvalue weighted by molar-refractivity contribution is 7.98. The normalized spacial score (nSPS) is 12.0. The van der Waals surface area contributed by atoms with Crippen LogP contribution in [0.25, 0.3) is 20.7 Å². The van der Waals surface area contributed by atoms with Crippen molar-refractivity contribution in [1.29, 1.82) is 0 Å². The zero-order valence-corrected chi connectivity index (χ0v) is 16.0. The van der Waals surface area contributed by atoms with Crippen LogP contribution >= 0.6 is 34.4 Å². The molecule has 0 atom stereocenters. The number of hydrogen-bond donors (Lipinski definition) is 1. The summed E-state index contributed by atoms with van der Waals surface area (Å²) in [5.74, 6) is 0.279. The number of halogens is 3. The highest BCUT2D eigenvalue weighted by Gasteiger charge is 2.30. The number of alkyl halides is 3. The second-order valence-corrected chi connectivity index (χ2v) is 8.43. The summed E-state index contributed by atoms with van der Waals surface area (Å²) in [7, 11) is 0. The standard InChI is InChI=1S/C18H11F3N2OS3/c19-18(20,21)11-4-1-3-10(7-11)8-27-17-22-15(24)14-12(9-26-16(14)23-17)13-5-2-6-25-13/h1-7,9H,8H2,(H,22,23,24). The Balaban J connectivity index is 1.60. The summed E-state index contributed by atoms with van der Waals surface area (Å²) >= 11 is 4.13. The van der Waals surface area contributed by atoms with Crippen molar-refractivity contribution in [3.63, 3.8) is 0 Å². The van der Waals surface area contributed by atoms with Crippen LogP contribution in [0.5, 0.6) is 0 Å². The molecule has 0 spiro atoms. The third kappa shape index (κ3) is 3.80. The van der Waals surface area contributed by atoms with Gasteiger partial charge in [-0.1, -0.05) is 36.0 Å². The molecule has 0 aliphatic heterocycles. The number of H-pyrrole nitrogens is 1. The lowest BCUT2D eigenvalue weighted by Gasteiger charge is -2.08. The zero-order chi connectivity index (χ0) is 19.0. The van der Waals surface area contributed by atoms with Gasteiger partial charge >= 0.3 is 6.18 Å². The molecule has 138 valence electrons. The lowest BCUT2D eigenvalue weighted by atomic mass is 10.1. The van der Waals surface area contributed by atoms with Gasteiger partial charge in [-0.3, -0.25) is 4.79 Å².